The highest BCUT2D eigenvalue weighted by Crippen LogP contribution is 2.28. The average molecular weight is 346 g/mol. The third kappa shape index (κ3) is 4.24. The van der Waals surface area contributed by atoms with Gasteiger partial charge in [-0.3, -0.25) is 4.79 Å². The summed E-state index contributed by atoms with van der Waals surface area (Å²) >= 11 is 4.88. The van der Waals surface area contributed by atoms with E-state index in [1.807, 2.05) is 0 Å². The maximum absolute atomic E-state index is 12.1. The van der Waals surface area contributed by atoms with Gasteiger partial charge in [0.15, 0.2) is 0 Å². The van der Waals surface area contributed by atoms with Crippen LogP contribution in [0.3, 0.4) is 0 Å². The molecule has 0 radical (unpaired) electrons. The molecule has 1 amide bonds. The lowest BCUT2D eigenvalue weighted by atomic mass is 9.89. The van der Waals surface area contributed by atoms with E-state index >= 15 is 0 Å². The number of nitrogens with one attached hydrogen (secondary N) is 1. The maximum Gasteiger partial charge on any atom is 0.264 e. The van der Waals surface area contributed by atoms with Gasteiger partial charge in [0.25, 0.3) is 5.91 Å². The summed E-state index contributed by atoms with van der Waals surface area (Å²) < 4.78 is 3.89. The van der Waals surface area contributed by atoms with Crippen LogP contribution in [0.4, 0.5) is 0 Å². The number of alkyl halides is 1. The lowest BCUT2D eigenvalue weighted by molar-refractivity contribution is 0.0947. The number of nitrogens with zero attached hydrogens (tertiary/aromatic N) is 2. The Labute approximate surface area is 126 Å². The van der Waals surface area contributed by atoms with Gasteiger partial charge in [-0.15, -0.1) is 5.10 Å². The van der Waals surface area contributed by atoms with Crippen LogP contribution in [0, 0.1) is 5.92 Å². The second-order valence-corrected chi connectivity index (χ2v) is 7.19. The van der Waals surface area contributed by atoms with E-state index < -0.39 is 0 Å². The van der Waals surface area contributed by atoms with Gasteiger partial charge in [-0.05, 0) is 43.1 Å². The minimum atomic E-state index is -0.00449. The van der Waals surface area contributed by atoms with E-state index in [0.29, 0.717) is 15.6 Å². The standard InChI is InChI=1S/C13H20BrN3OS/c1-2-4-11-12(19-17-16-11)13(18)15-8-9-5-3-6-10(14)7-9/h9-10H,2-8H2,1H3,(H,15,18). The summed E-state index contributed by atoms with van der Waals surface area (Å²) in [4.78, 5) is 13.4. The lowest BCUT2D eigenvalue weighted by Crippen LogP contribution is -2.32. The molecule has 0 spiro atoms. The SMILES string of the molecule is CCCc1nnsc1C(=O)NCC1CCCC(Br)C1. The van der Waals surface area contributed by atoms with Crippen molar-refractivity contribution in [3.8, 4) is 0 Å². The molecule has 1 fully saturated rings. The fourth-order valence-electron chi connectivity index (χ4n) is 2.51. The van der Waals surface area contributed by atoms with Crippen LogP contribution in [0.2, 0.25) is 0 Å². The summed E-state index contributed by atoms with van der Waals surface area (Å²) in [6.07, 6.45) is 6.68. The Morgan fingerprint density at radius 2 is 2.37 bits per heavy atom. The molecule has 1 heterocycles. The Morgan fingerprint density at radius 1 is 1.53 bits per heavy atom. The number of halogens is 1. The van der Waals surface area contributed by atoms with Crippen LogP contribution in [0.1, 0.15) is 54.4 Å². The Morgan fingerprint density at radius 3 is 3.11 bits per heavy atom. The molecule has 1 N–H and O–H groups in total. The summed E-state index contributed by atoms with van der Waals surface area (Å²) in [5, 5.41) is 7.08. The van der Waals surface area contributed by atoms with Crippen molar-refractivity contribution in [3.63, 3.8) is 0 Å². The molecule has 1 aliphatic rings. The molecule has 0 aliphatic heterocycles. The van der Waals surface area contributed by atoms with Gasteiger partial charge < -0.3 is 5.32 Å². The minimum Gasteiger partial charge on any atom is -0.351 e. The number of hydrogen-bond donors (Lipinski definition) is 1. The zero-order valence-corrected chi connectivity index (χ0v) is 13.6. The van der Waals surface area contributed by atoms with Crippen molar-refractivity contribution in [2.24, 2.45) is 5.92 Å². The van der Waals surface area contributed by atoms with E-state index in [9.17, 15) is 4.79 Å². The second kappa shape index (κ2) is 7.33. The Kier molecular flexibility index (Phi) is 5.76. The molecule has 2 atom stereocenters. The highest BCUT2D eigenvalue weighted by molar-refractivity contribution is 9.09. The van der Waals surface area contributed by atoms with Gasteiger partial charge in [-0.1, -0.05) is 40.2 Å². The molecule has 1 saturated carbocycles. The quantitative estimate of drug-likeness (QED) is 0.833. The number of aromatic nitrogens is 2. The van der Waals surface area contributed by atoms with Crippen molar-refractivity contribution in [3.05, 3.63) is 10.6 Å². The van der Waals surface area contributed by atoms with E-state index in [1.54, 1.807) is 0 Å². The molecule has 1 aliphatic carbocycles. The fraction of sp³-hybridized carbons (Fsp3) is 0.769. The van der Waals surface area contributed by atoms with E-state index in [-0.39, 0.29) is 5.91 Å². The van der Waals surface area contributed by atoms with Crippen LogP contribution in [0.25, 0.3) is 0 Å². The molecular weight excluding hydrogens is 326 g/mol. The van der Waals surface area contributed by atoms with Crippen molar-refractivity contribution in [1.29, 1.82) is 0 Å². The number of hydrogen-bond acceptors (Lipinski definition) is 4. The van der Waals surface area contributed by atoms with Gasteiger partial charge in [0.05, 0.1) is 5.69 Å². The predicted molar refractivity (Wildman–Crippen MR) is 80.9 cm³/mol. The van der Waals surface area contributed by atoms with Gasteiger partial charge >= 0.3 is 0 Å². The Bertz CT molecular complexity index is 424. The minimum absolute atomic E-state index is 0.00449. The molecule has 19 heavy (non-hydrogen) atoms. The molecule has 0 aromatic carbocycles. The molecule has 106 valence electrons. The van der Waals surface area contributed by atoms with Gasteiger partial charge in [0, 0.05) is 11.4 Å². The third-order valence-corrected chi connectivity index (χ3v) is 5.12. The zero-order valence-electron chi connectivity index (χ0n) is 11.2. The maximum atomic E-state index is 12.1. The fourth-order valence-corrected chi connectivity index (χ4v) is 3.99. The molecule has 2 unspecified atom stereocenters. The number of carbonyl (C=O) groups excluding carboxylic acids is 1. The second-order valence-electron chi connectivity index (χ2n) is 5.14. The van der Waals surface area contributed by atoms with Crippen LogP contribution < -0.4 is 5.32 Å². The van der Waals surface area contributed by atoms with Gasteiger partial charge in [-0.2, -0.15) is 0 Å². The number of aryl methyl sites for hydroxylation is 1. The van der Waals surface area contributed by atoms with Crippen LogP contribution >= 0.6 is 27.5 Å². The topological polar surface area (TPSA) is 54.9 Å². The van der Waals surface area contributed by atoms with E-state index in [4.69, 9.17) is 0 Å². The van der Waals surface area contributed by atoms with Crippen molar-refractivity contribution < 1.29 is 4.79 Å². The largest absolute Gasteiger partial charge is 0.351 e. The molecule has 2 rings (SSSR count). The summed E-state index contributed by atoms with van der Waals surface area (Å²) in [5.41, 5.74) is 0.840. The first kappa shape index (κ1) is 14.9. The molecular formula is C13H20BrN3OS. The number of carbonyl (C=O) groups is 1. The molecule has 1 aromatic heterocycles. The average Bonchev–Trinajstić information content (AvgIpc) is 2.85. The Hall–Kier alpha value is -0.490. The van der Waals surface area contributed by atoms with Crippen molar-refractivity contribution in [2.75, 3.05) is 6.54 Å². The summed E-state index contributed by atoms with van der Waals surface area (Å²) in [6.45, 7) is 2.85. The number of rotatable bonds is 5. The van der Waals surface area contributed by atoms with E-state index in [0.717, 1.165) is 31.5 Å². The third-order valence-electron chi connectivity index (χ3n) is 3.52. The van der Waals surface area contributed by atoms with Crippen molar-refractivity contribution in [2.45, 2.75) is 50.3 Å². The number of amides is 1. The van der Waals surface area contributed by atoms with E-state index in [2.05, 4.69) is 37.8 Å². The van der Waals surface area contributed by atoms with Crippen LogP contribution in [0.5, 0.6) is 0 Å². The van der Waals surface area contributed by atoms with Gasteiger partial charge in [0.1, 0.15) is 4.88 Å². The molecule has 0 saturated heterocycles. The summed E-state index contributed by atoms with van der Waals surface area (Å²) in [5.74, 6) is 0.590. The van der Waals surface area contributed by atoms with Crippen molar-refractivity contribution >= 4 is 33.4 Å². The zero-order chi connectivity index (χ0) is 13.7. The molecule has 6 heteroatoms. The highest BCUT2D eigenvalue weighted by Gasteiger charge is 2.22. The normalized spacial score (nSPS) is 23.3. The van der Waals surface area contributed by atoms with Gasteiger partial charge in [0.2, 0.25) is 0 Å². The first-order valence-corrected chi connectivity index (χ1v) is 8.63. The smallest absolute Gasteiger partial charge is 0.264 e. The first-order chi connectivity index (χ1) is 9.20. The highest BCUT2D eigenvalue weighted by atomic mass is 79.9. The first-order valence-electron chi connectivity index (χ1n) is 6.94. The lowest BCUT2D eigenvalue weighted by Gasteiger charge is -2.25. The molecule has 0 bridgehead atoms. The van der Waals surface area contributed by atoms with Crippen LogP contribution in [0.15, 0.2) is 0 Å². The summed E-state index contributed by atoms with van der Waals surface area (Å²) in [6, 6.07) is 0. The molecule has 4 nitrogen and oxygen atoms in total. The predicted octanol–water partition coefficient (Wildman–Crippen LogP) is 3.17. The van der Waals surface area contributed by atoms with Crippen LogP contribution in [-0.2, 0) is 6.42 Å². The Balaban J connectivity index is 1.85. The van der Waals surface area contributed by atoms with Crippen molar-refractivity contribution in [1.82, 2.24) is 14.9 Å². The monoisotopic (exact) mass is 345 g/mol. The van der Waals surface area contributed by atoms with E-state index in [1.165, 1.54) is 30.8 Å². The van der Waals surface area contributed by atoms with Gasteiger partial charge in [-0.25, -0.2) is 0 Å². The summed E-state index contributed by atoms with van der Waals surface area (Å²) in [7, 11) is 0. The molecule has 1 aromatic rings. The van der Waals surface area contributed by atoms with Crippen LogP contribution in [-0.4, -0.2) is 26.9 Å².